The Morgan fingerprint density at radius 1 is 1.40 bits per heavy atom. The van der Waals surface area contributed by atoms with Crippen LogP contribution < -0.4 is 10.1 Å². The molecule has 1 aromatic carbocycles. The van der Waals surface area contributed by atoms with Crippen molar-refractivity contribution in [2.45, 2.75) is 50.3 Å². The SMILES string of the molecule is C[C@H](NC(=O)[C@H]1CS[C@@]2(C)CCC(=O)N12)c1ccc(OC(F)F)cc1. The Balaban J connectivity index is 1.64. The Labute approximate surface area is 149 Å². The van der Waals surface area contributed by atoms with Crippen molar-refractivity contribution in [3.63, 3.8) is 0 Å². The molecule has 25 heavy (non-hydrogen) atoms. The molecule has 2 heterocycles. The van der Waals surface area contributed by atoms with Crippen LogP contribution in [-0.2, 0) is 9.59 Å². The molecule has 8 heteroatoms. The molecule has 3 atom stereocenters. The van der Waals surface area contributed by atoms with E-state index in [0.717, 1.165) is 12.0 Å². The van der Waals surface area contributed by atoms with Crippen LogP contribution in [0.4, 0.5) is 8.78 Å². The molecule has 0 bridgehead atoms. The third-order valence-corrected chi connectivity index (χ3v) is 6.22. The summed E-state index contributed by atoms with van der Waals surface area (Å²) in [6.45, 7) is 0.949. The zero-order valence-corrected chi connectivity index (χ0v) is 14.8. The number of nitrogens with one attached hydrogen (secondary N) is 1. The van der Waals surface area contributed by atoms with Crippen molar-refractivity contribution < 1.29 is 23.1 Å². The molecule has 2 aliphatic heterocycles. The number of nitrogens with zero attached hydrogens (tertiary/aromatic N) is 1. The van der Waals surface area contributed by atoms with Crippen molar-refractivity contribution in [2.24, 2.45) is 0 Å². The summed E-state index contributed by atoms with van der Waals surface area (Å²) in [5.41, 5.74) is 0.774. The van der Waals surface area contributed by atoms with Crippen LogP contribution in [0.2, 0.25) is 0 Å². The Morgan fingerprint density at radius 3 is 2.72 bits per heavy atom. The van der Waals surface area contributed by atoms with Crippen molar-refractivity contribution >= 4 is 23.6 Å². The van der Waals surface area contributed by atoms with Gasteiger partial charge in [0.25, 0.3) is 0 Å². The fraction of sp³-hybridized carbons (Fsp3) is 0.529. The quantitative estimate of drug-likeness (QED) is 0.866. The minimum absolute atomic E-state index is 0.0220. The first-order valence-corrected chi connectivity index (χ1v) is 9.10. The highest BCUT2D eigenvalue weighted by atomic mass is 32.2. The highest BCUT2D eigenvalue weighted by Gasteiger charge is 2.52. The van der Waals surface area contributed by atoms with Gasteiger partial charge in [-0.15, -0.1) is 11.8 Å². The van der Waals surface area contributed by atoms with Crippen LogP contribution in [0.3, 0.4) is 0 Å². The van der Waals surface area contributed by atoms with E-state index < -0.39 is 12.7 Å². The second kappa shape index (κ2) is 6.82. The number of fused-ring (bicyclic) bond motifs is 1. The zero-order chi connectivity index (χ0) is 18.2. The number of amides is 2. The number of halogens is 2. The van der Waals surface area contributed by atoms with E-state index in [2.05, 4.69) is 10.1 Å². The Morgan fingerprint density at radius 2 is 2.08 bits per heavy atom. The van der Waals surface area contributed by atoms with Gasteiger partial charge >= 0.3 is 6.61 Å². The number of thioether (sulfide) groups is 1. The topological polar surface area (TPSA) is 58.6 Å². The maximum atomic E-state index is 12.6. The lowest BCUT2D eigenvalue weighted by Gasteiger charge is -2.30. The van der Waals surface area contributed by atoms with Crippen LogP contribution in [-0.4, -0.2) is 40.0 Å². The largest absolute Gasteiger partial charge is 0.435 e. The van der Waals surface area contributed by atoms with Crippen molar-refractivity contribution in [1.82, 2.24) is 10.2 Å². The molecule has 5 nitrogen and oxygen atoms in total. The third kappa shape index (κ3) is 3.58. The van der Waals surface area contributed by atoms with Crippen molar-refractivity contribution in [3.8, 4) is 5.75 Å². The van der Waals surface area contributed by atoms with E-state index >= 15 is 0 Å². The van der Waals surface area contributed by atoms with E-state index in [1.54, 1.807) is 28.8 Å². The molecule has 0 spiro atoms. The van der Waals surface area contributed by atoms with E-state index in [-0.39, 0.29) is 28.5 Å². The van der Waals surface area contributed by atoms with Crippen LogP contribution in [0.1, 0.15) is 38.3 Å². The molecular formula is C17H20F2N2O3S. The third-order valence-electron chi connectivity index (χ3n) is 4.71. The Hall–Kier alpha value is -1.83. The first kappa shape index (κ1) is 18.0. The summed E-state index contributed by atoms with van der Waals surface area (Å²) in [6, 6.07) is 5.39. The highest BCUT2D eigenvalue weighted by Crippen LogP contribution is 2.47. The normalized spacial score (nSPS) is 26.7. The maximum absolute atomic E-state index is 12.6. The van der Waals surface area contributed by atoms with E-state index in [0.29, 0.717) is 12.2 Å². The van der Waals surface area contributed by atoms with Gasteiger partial charge in [0.05, 0.1) is 10.9 Å². The summed E-state index contributed by atoms with van der Waals surface area (Å²) >= 11 is 1.64. The van der Waals surface area contributed by atoms with E-state index in [1.807, 2.05) is 13.8 Å². The van der Waals surface area contributed by atoms with Crippen LogP contribution in [0.25, 0.3) is 0 Å². The number of ether oxygens (including phenoxy) is 1. The lowest BCUT2D eigenvalue weighted by molar-refractivity contribution is -0.138. The molecule has 0 radical (unpaired) electrons. The number of alkyl halides is 2. The average molecular weight is 370 g/mol. The van der Waals surface area contributed by atoms with Crippen molar-refractivity contribution in [3.05, 3.63) is 29.8 Å². The standard InChI is InChI=1S/C17H20F2N2O3S/c1-10(11-3-5-12(6-4-11)24-16(18)19)20-15(23)13-9-25-17(2)8-7-14(22)21(13)17/h3-6,10,13,16H,7-9H2,1-2H3,(H,20,23)/t10-,13+,17-/m0/s1. The average Bonchev–Trinajstić information content (AvgIpc) is 3.04. The highest BCUT2D eigenvalue weighted by molar-refractivity contribution is 8.01. The molecular weight excluding hydrogens is 350 g/mol. The predicted octanol–water partition coefficient (Wildman–Crippen LogP) is 2.92. The van der Waals surface area contributed by atoms with E-state index in [1.165, 1.54) is 12.1 Å². The first-order valence-electron chi connectivity index (χ1n) is 8.11. The van der Waals surface area contributed by atoms with Gasteiger partial charge < -0.3 is 15.0 Å². The van der Waals surface area contributed by atoms with Crippen LogP contribution >= 0.6 is 11.8 Å². The summed E-state index contributed by atoms with van der Waals surface area (Å²) in [5.74, 6) is 0.491. The number of benzene rings is 1. The summed E-state index contributed by atoms with van der Waals surface area (Å²) in [4.78, 5) is 26.2. The Bertz CT molecular complexity index is 670. The fourth-order valence-electron chi connectivity index (χ4n) is 3.35. The minimum atomic E-state index is -2.87. The van der Waals surface area contributed by atoms with Crippen LogP contribution in [0.15, 0.2) is 24.3 Å². The van der Waals surface area contributed by atoms with E-state index in [9.17, 15) is 18.4 Å². The lowest BCUT2D eigenvalue weighted by atomic mass is 10.1. The molecule has 1 aromatic rings. The minimum Gasteiger partial charge on any atom is -0.435 e. The smallest absolute Gasteiger partial charge is 0.387 e. The van der Waals surface area contributed by atoms with Gasteiger partial charge in [-0.3, -0.25) is 9.59 Å². The summed E-state index contributed by atoms with van der Waals surface area (Å²) in [7, 11) is 0. The predicted molar refractivity (Wildman–Crippen MR) is 90.4 cm³/mol. The van der Waals surface area contributed by atoms with Gasteiger partial charge in [-0.1, -0.05) is 12.1 Å². The number of carbonyl (C=O) groups excluding carboxylic acids is 2. The molecule has 0 unspecified atom stereocenters. The molecule has 3 rings (SSSR count). The maximum Gasteiger partial charge on any atom is 0.387 e. The van der Waals surface area contributed by atoms with Gasteiger partial charge in [-0.2, -0.15) is 8.78 Å². The van der Waals surface area contributed by atoms with Gasteiger partial charge in [0.2, 0.25) is 11.8 Å². The number of hydrogen-bond acceptors (Lipinski definition) is 4. The molecule has 0 aliphatic carbocycles. The Kier molecular flexibility index (Phi) is 4.90. The summed E-state index contributed by atoms with van der Waals surface area (Å²) in [6.07, 6.45) is 1.25. The molecule has 1 N–H and O–H groups in total. The molecule has 0 saturated carbocycles. The van der Waals surface area contributed by atoms with Gasteiger partial charge in [0, 0.05) is 12.2 Å². The zero-order valence-electron chi connectivity index (χ0n) is 14.0. The van der Waals surface area contributed by atoms with E-state index in [4.69, 9.17) is 0 Å². The molecule has 2 saturated heterocycles. The lowest BCUT2D eigenvalue weighted by Crippen LogP contribution is -2.50. The molecule has 136 valence electrons. The molecule has 0 aromatic heterocycles. The molecule has 2 amide bonds. The fourth-order valence-corrected chi connectivity index (χ4v) is 4.78. The summed E-state index contributed by atoms with van der Waals surface area (Å²) < 4.78 is 28.7. The van der Waals surface area contributed by atoms with Crippen molar-refractivity contribution in [1.29, 1.82) is 0 Å². The van der Waals surface area contributed by atoms with Gasteiger partial charge in [0.1, 0.15) is 11.8 Å². The van der Waals surface area contributed by atoms with Gasteiger partial charge in [-0.05, 0) is 38.0 Å². The van der Waals surface area contributed by atoms with Gasteiger partial charge in [0.15, 0.2) is 0 Å². The molecule has 2 fully saturated rings. The number of carbonyl (C=O) groups is 2. The summed E-state index contributed by atoms with van der Waals surface area (Å²) in [5, 5.41) is 2.91. The van der Waals surface area contributed by atoms with Gasteiger partial charge in [-0.25, -0.2) is 0 Å². The monoisotopic (exact) mass is 370 g/mol. The van der Waals surface area contributed by atoms with Crippen molar-refractivity contribution in [2.75, 3.05) is 5.75 Å². The second-order valence-corrected chi connectivity index (χ2v) is 7.94. The number of rotatable bonds is 5. The second-order valence-electron chi connectivity index (χ2n) is 6.44. The molecule has 2 aliphatic rings. The van der Waals surface area contributed by atoms with Crippen LogP contribution in [0, 0.1) is 0 Å². The number of hydrogen-bond donors (Lipinski definition) is 1. The first-order chi connectivity index (χ1) is 11.8. The van der Waals surface area contributed by atoms with Crippen LogP contribution in [0.5, 0.6) is 5.75 Å².